The SMILES string of the molecule is Cc1ccnc(-c2[c-]cc3c(c2)-c2ccc4ccccc4c2C3(C)C)c1.[2H]C([2H])([2H])C(O)CC(O)C([2H])([2H])[2H].[Ir]. The standard InChI is InChI=1S/C25H20N.C5H12O2.Ir/c1-16-12-13-26-23(14-16)18-9-11-22-21(15-18)20-10-8-17-6-4-5-7-19(17)24(20)25(22,2)3;1-4(6)3-5(2)7;/h4-8,10-15H,1-3H3;4-7H,3H2,1-2H3;/q-1;;/i;1D3,2D3;. The summed E-state index contributed by atoms with van der Waals surface area (Å²) in [5, 5.41) is 20.5. The molecule has 2 atom stereocenters. The Kier molecular flexibility index (Phi) is 5.84. The van der Waals surface area contributed by atoms with Crippen LogP contribution in [0, 0.1) is 13.0 Å². The average Bonchev–Trinajstić information content (AvgIpc) is 3.10. The van der Waals surface area contributed by atoms with Gasteiger partial charge in [0.05, 0.1) is 12.2 Å². The van der Waals surface area contributed by atoms with Crippen molar-refractivity contribution in [2.45, 2.75) is 58.5 Å². The monoisotopic (exact) mass is 637 g/mol. The van der Waals surface area contributed by atoms with E-state index < -0.39 is 32.3 Å². The summed E-state index contributed by atoms with van der Waals surface area (Å²) in [4.78, 5) is 4.55. The van der Waals surface area contributed by atoms with Crippen LogP contribution in [0.4, 0.5) is 0 Å². The zero-order valence-corrected chi connectivity index (χ0v) is 21.8. The van der Waals surface area contributed by atoms with E-state index in [0.717, 1.165) is 11.3 Å². The summed E-state index contributed by atoms with van der Waals surface area (Å²) in [7, 11) is 0. The van der Waals surface area contributed by atoms with Crippen molar-refractivity contribution < 1.29 is 38.5 Å². The minimum Gasteiger partial charge on any atom is -0.393 e. The van der Waals surface area contributed by atoms with Crippen molar-refractivity contribution in [1.82, 2.24) is 4.98 Å². The maximum absolute atomic E-state index is 8.95. The number of fused-ring (bicyclic) bond motifs is 5. The summed E-state index contributed by atoms with van der Waals surface area (Å²) < 4.78 is 40.3. The summed E-state index contributed by atoms with van der Waals surface area (Å²) in [5.41, 5.74) is 8.66. The predicted molar refractivity (Wildman–Crippen MR) is 136 cm³/mol. The second-order valence-electron chi connectivity index (χ2n) is 8.99. The van der Waals surface area contributed by atoms with Gasteiger partial charge in [-0.15, -0.1) is 29.3 Å². The smallest absolute Gasteiger partial charge is 0.0536 e. The predicted octanol–water partition coefficient (Wildman–Crippen LogP) is 6.45. The number of pyridine rings is 1. The summed E-state index contributed by atoms with van der Waals surface area (Å²) in [5.74, 6) is 0. The maximum Gasteiger partial charge on any atom is 0.0536 e. The van der Waals surface area contributed by atoms with Crippen molar-refractivity contribution in [2.75, 3.05) is 0 Å². The Balaban J connectivity index is 0.000000272. The number of aromatic nitrogens is 1. The number of aliphatic hydroxyl groups is 2. The van der Waals surface area contributed by atoms with Gasteiger partial charge in [0, 0.05) is 34.5 Å². The third kappa shape index (κ3) is 5.16. The van der Waals surface area contributed by atoms with Gasteiger partial charge in [0.1, 0.15) is 0 Å². The van der Waals surface area contributed by atoms with Crippen LogP contribution in [0.25, 0.3) is 33.2 Å². The van der Waals surface area contributed by atoms with Crippen LogP contribution in [0.3, 0.4) is 0 Å². The molecule has 1 heterocycles. The van der Waals surface area contributed by atoms with E-state index in [9.17, 15) is 0 Å². The number of aliphatic hydroxyl groups excluding tert-OH is 2. The zero-order valence-electron chi connectivity index (χ0n) is 25.4. The third-order valence-corrected chi connectivity index (χ3v) is 6.11. The Hall–Kier alpha value is -2.36. The quantitative estimate of drug-likeness (QED) is 0.254. The van der Waals surface area contributed by atoms with Crippen LogP contribution >= 0.6 is 0 Å². The number of nitrogens with zero attached hydrogens (tertiary/aromatic N) is 1. The number of hydrogen-bond donors (Lipinski definition) is 2. The molecule has 0 spiro atoms. The van der Waals surface area contributed by atoms with E-state index in [1.807, 2.05) is 12.3 Å². The van der Waals surface area contributed by atoms with E-state index in [1.54, 1.807) is 0 Å². The van der Waals surface area contributed by atoms with Gasteiger partial charge in [-0.2, -0.15) is 0 Å². The minimum atomic E-state index is -2.65. The fourth-order valence-corrected chi connectivity index (χ4v) is 4.58. The van der Waals surface area contributed by atoms with Gasteiger partial charge in [0.15, 0.2) is 0 Å². The number of hydrogen-bond acceptors (Lipinski definition) is 3. The van der Waals surface area contributed by atoms with Crippen LogP contribution in [0.1, 0.15) is 58.9 Å². The molecule has 5 rings (SSSR count). The Bertz CT molecular complexity index is 1480. The first kappa shape index (κ1) is 18.9. The van der Waals surface area contributed by atoms with Crippen molar-refractivity contribution in [3.05, 3.63) is 89.6 Å². The first-order chi connectivity index (χ1) is 18.1. The largest absolute Gasteiger partial charge is 0.393 e. The van der Waals surface area contributed by atoms with E-state index in [1.165, 1.54) is 38.6 Å². The number of benzene rings is 3. The molecular formula is C30H32IrNO2-. The molecule has 0 bridgehead atoms. The molecule has 1 aliphatic carbocycles. The molecule has 34 heavy (non-hydrogen) atoms. The Morgan fingerprint density at radius 3 is 2.44 bits per heavy atom. The molecule has 4 heteroatoms. The molecule has 0 amide bonds. The van der Waals surface area contributed by atoms with Crippen molar-refractivity contribution in [1.29, 1.82) is 0 Å². The molecule has 0 saturated carbocycles. The molecule has 3 aromatic carbocycles. The van der Waals surface area contributed by atoms with Crippen LogP contribution in [-0.4, -0.2) is 27.4 Å². The van der Waals surface area contributed by atoms with E-state index in [2.05, 4.69) is 86.4 Å². The zero-order chi connectivity index (χ0) is 28.8. The normalized spacial score (nSPS) is 18.1. The van der Waals surface area contributed by atoms with Gasteiger partial charge in [-0.05, 0) is 66.1 Å². The van der Waals surface area contributed by atoms with Crippen molar-refractivity contribution in [3.63, 3.8) is 0 Å². The molecule has 3 nitrogen and oxygen atoms in total. The van der Waals surface area contributed by atoms with E-state index in [-0.39, 0.29) is 25.5 Å². The van der Waals surface area contributed by atoms with Gasteiger partial charge in [-0.25, -0.2) is 0 Å². The number of rotatable bonds is 3. The van der Waals surface area contributed by atoms with Crippen LogP contribution in [0.5, 0.6) is 0 Å². The molecule has 0 aliphatic heterocycles. The van der Waals surface area contributed by atoms with Gasteiger partial charge < -0.3 is 15.2 Å². The summed E-state index contributed by atoms with van der Waals surface area (Å²) in [6, 6.07) is 25.3. The Labute approximate surface area is 224 Å². The average molecular weight is 637 g/mol. The molecule has 0 fully saturated rings. The van der Waals surface area contributed by atoms with E-state index >= 15 is 0 Å². The molecule has 0 saturated heterocycles. The first-order valence-electron chi connectivity index (χ1n) is 14.0. The molecule has 2 unspecified atom stereocenters. The van der Waals surface area contributed by atoms with Gasteiger partial charge >= 0.3 is 0 Å². The molecule has 179 valence electrons. The fraction of sp³-hybridized carbons (Fsp3) is 0.300. The molecule has 1 aromatic heterocycles. The molecule has 2 N–H and O–H groups in total. The molecule has 4 aromatic rings. The van der Waals surface area contributed by atoms with Crippen molar-refractivity contribution in [2.24, 2.45) is 0 Å². The van der Waals surface area contributed by atoms with Gasteiger partial charge in [-0.3, -0.25) is 0 Å². The van der Waals surface area contributed by atoms with Crippen LogP contribution < -0.4 is 0 Å². The maximum atomic E-state index is 8.95. The van der Waals surface area contributed by atoms with Gasteiger partial charge in [0.2, 0.25) is 0 Å². The first-order valence-corrected chi connectivity index (χ1v) is 11.0. The second kappa shape index (κ2) is 10.5. The van der Waals surface area contributed by atoms with Gasteiger partial charge in [0.25, 0.3) is 0 Å². The Morgan fingerprint density at radius 1 is 1.00 bits per heavy atom. The molecule has 1 aliphatic rings. The topological polar surface area (TPSA) is 53.4 Å². The molecule has 1 radical (unpaired) electrons. The minimum absolute atomic E-state index is 0. The summed E-state index contributed by atoms with van der Waals surface area (Å²) in [6.45, 7) is 1.45. The van der Waals surface area contributed by atoms with Crippen LogP contribution in [-0.2, 0) is 25.5 Å². The van der Waals surface area contributed by atoms with E-state index in [0.29, 0.717) is 0 Å². The summed E-state index contributed by atoms with van der Waals surface area (Å²) >= 11 is 0. The fourth-order valence-electron chi connectivity index (χ4n) is 4.58. The van der Waals surface area contributed by atoms with Gasteiger partial charge in [-0.1, -0.05) is 67.4 Å². The van der Waals surface area contributed by atoms with Crippen molar-refractivity contribution in [3.8, 4) is 22.4 Å². The third-order valence-electron chi connectivity index (χ3n) is 6.11. The van der Waals surface area contributed by atoms with Crippen LogP contribution in [0.2, 0.25) is 0 Å². The Morgan fingerprint density at radius 2 is 1.74 bits per heavy atom. The van der Waals surface area contributed by atoms with E-state index in [4.69, 9.17) is 18.4 Å². The molecular weight excluding hydrogens is 599 g/mol. The second-order valence-corrected chi connectivity index (χ2v) is 8.99. The number of aryl methyl sites for hydroxylation is 1. The van der Waals surface area contributed by atoms with Crippen molar-refractivity contribution >= 4 is 10.8 Å². The summed E-state index contributed by atoms with van der Waals surface area (Å²) in [6.07, 6.45) is -2.41. The van der Waals surface area contributed by atoms with Crippen LogP contribution in [0.15, 0.2) is 66.9 Å².